The van der Waals surface area contributed by atoms with Gasteiger partial charge in [0.2, 0.25) is 11.9 Å². The molecule has 1 amide bonds. The highest BCUT2D eigenvalue weighted by Gasteiger charge is 2.38. The first-order valence-corrected chi connectivity index (χ1v) is 8.89. The number of alkyl halides is 6. The lowest BCUT2D eigenvalue weighted by molar-refractivity contribution is -0.192. The normalized spacial score (nSPS) is 11.5. The number of halogens is 6. The summed E-state index contributed by atoms with van der Waals surface area (Å²) in [5.41, 5.74) is 6.62. The number of carboxylic acid groups (broad SMARTS) is 1. The number of rotatable bonds is 6. The molecule has 0 bridgehead atoms. The van der Waals surface area contributed by atoms with Crippen LogP contribution in [0.15, 0.2) is 36.5 Å². The fourth-order valence-corrected chi connectivity index (χ4v) is 2.30. The van der Waals surface area contributed by atoms with E-state index in [1.165, 1.54) is 0 Å². The summed E-state index contributed by atoms with van der Waals surface area (Å²) < 4.78 is 68.8. The summed E-state index contributed by atoms with van der Waals surface area (Å²) in [5.74, 6) is -2.82. The Balaban J connectivity index is 0.000000479. The number of aromatic nitrogens is 3. The smallest absolute Gasteiger partial charge is 0.475 e. The number of H-pyrrole nitrogens is 1. The minimum absolute atomic E-state index is 0.196. The average molecular weight is 478 g/mol. The van der Waals surface area contributed by atoms with Gasteiger partial charge >= 0.3 is 18.3 Å². The van der Waals surface area contributed by atoms with Crippen LogP contribution >= 0.6 is 0 Å². The number of aliphatic carboxylic acids is 1. The fourth-order valence-electron chi connectivity index (χ4n) is 2.30. The molecule has 0 saturated carbocycles. The summed E-state index contributed by atoms with van der Waals surface area (Å²) in [4.78, 5) is 31.4. The third-order valence-corrected chi connectivity index (χ3v) is 3.78. The van der Waals surface area contributed by atoms with Gasteiger partial charge in [-0.1, -0.05) is 0 Å². The van der Waals surface area contributed by atoms with Gasteiger partial charge in [-0.2, -0.15) is 36.3 Å². The molecular weight excluding hydrogens is 462 g/mol. The van der Waals surface area contributed by atoms with Crippen LogP contribution in [0.2, 0.25) is 0 Å². The summed E-state index contributed by atoms with van der Waals surface area (Å²) in [6.07, 6.45) is -8.68. The van der Waals surface area contributed by atoms with Crippen LogP contribution in [0.3, 0.4) is 0 Å². The Bertz CT molecular complexity index is 1110. The highest BCUT2D eigenvalue weighted by molar-refractivity contribution is 5.93. The van der Waals surface area contributed by atoms with Gasteiger partial charge < -0.3 is 26.5 Å². The van der Waals surface area contributed by atoms with E-state index in [0.29, 0.717) is 22.3 Å². The molecule has 9 nitrogen and oxygen atoms in total. The van der Waals surface area contributed by atoms with E-state index in [2.05, 4.69) is 25.6 Å². The first-order chi connectivity index (χ1) is 15.3. The van der Waals surface area contributed by atoms with Crippen molar-refractivity contribution in [2.45, 2.75) is 18.8 Å². The number of carbonyl (C=O) groups is 2. The number of hydrogen-bond donors (Lipinski definition) is 5. The molecule has 15 heteroatoms. The average Bonchev–Trinajstić information content (AvgIpc) is 3.16. The lowest BCUT2D eigenvalue weighted by Crippen LogP contribution is -2.21. The summed E-state index contributed by atoms with van der Waals surface area (Å²) in [7, 11) is 0. The first-order valence-electron chi connectivity index (χ1n) is 8.89. The number of aromatic amines is 1. The maximum atomic E-state index is 12.3. The van der Waals surface area contributed by atoms with Crippen LogP contribution in [-0.2, 0) is 4.79 Å². The molecule has 6 N–H and O–H groups in total. The minimum Gasteiger partial charge on any atom is -0.475 e. The summed E-state index contributed by atoms with van der Waals surface area (Å²) >= 11 is 0. The number of anilines is 3. The van der Waals surface area contributed by atoms with Crippen molar-refractivity contribution in [1.29, 1.82) is 0 Å². The van der Waals surface area contributed by atoms with Gasteiger partial charge in [-0.25, -0.2) is 4.79 Å². The largest absolute Gasteiger partial charge is 0.490 e. The van der Waals surface area contributed by atoms with Crippen LogP contribution in [0.1, 0.15) is 16.8 Å². The predicted molar refractivity (Wildman–Crippen MR) is 105 cm³/mol. The number of nitrogens with two attached hydrogens (primary N) is 1. The molecule has 0 unspecified atom stereocenters. The second-order valence-corrected chi connectivity index (χ2v) is 6.30. The van der Waals surface area contributed by atoms with E-state index in [9.17, 15) is 31.1 Å². The van der Waals surface area contributed by atoms with E-state index < -0.39 is 30.6 Å². The SMILES string of the molecule is NC(=O)c1ccc(Nc2nc(NCCC(F)(F)F)c3cc[nH]c3n2)cc1.O=C(O)C(F)(F)F. The molecule has 0 radical (unpaired) electrons. The molecule has 33 heavy (non-hydrogen) atoms. The molecule has 0 fully saturated rings. The maximum Gasteiger partial charge on any atom is 0.490 e. The molecule has 0 spiro atoms. The van der Waals surface area contributed by atoms with Crippen LogP contribution in [-0.4, -0.2) is 50.8 Å². The van der Waals surface area contributed by atoms with Crippen molar-refractivity contribution in [2.24, 2.45) is 5.73 Å². The molecule has 1 aromatic carbocycles. The molecule has 2 heterocycles. The Morgan fingerprint density at radius 1 is 1.03 bits per heavy atom. The van der Waals surface area contributed by atoms with Crippen molar-refractivity contribution in [3.05, 3.63) is 42.1 Å². The topological polar surface area (TPSA) is 146 Å². The Morgan fingerprint density at radius 2 is 1.64 bits per heavy atom. The van der Waals surface area contributed by atoms with E-state index >= 15 is 0 Å². The van der Waals surface area contributed by atoms with Crippen molar-refractivity contribution in [2.75, 3.05) is 17.2 Å². The molecular formula is C18H16F6N6O3. The van der Waals surface area contributed by atoms with E-state index in [4.69, 9.17) is 15.6 Å². The van der Waals surface area contributed by atoms with Gasteiger partial charge in [0, 0.05) is 24.0 Å². The van der Waals surface area contributed by atoms with Crippen molar-refractivity contribution in [3.8, 4) is 0 Å². The molecule has 0 aliphatic rings. The number of benzene rings is 1. The number of carboxylic acids is 1. The van der Waals surface area contributed by atoms with Gasteiger partial charge in [-0.3, -0.25) is 4.79 Å². The van der Waals surface area contributed by atoms with Gasteiger partial charge in [-0.15, -0.1) is 0 Å². The Labute approximate surface area is 181 Å². The van der Waals surface area contributed by atoms with Gasteiger partial charge in [0.1, 0.15) is 11.5 Å². The van der Waals surface area contributed by atoms with Crippen molar-refractivity contribution in [1.82, 2.24) is 15.0 Å². The summed E-state index contributed by atoms with van der Waals surface area (Å²) in [6.45, 7) is -0.298. The number of amides is 1. The van der Waals surface area contributed by atoms with Crippen LogP contribution in [0.4, 0.5) is 43.8 Å². The van der Waals surface area contributed by atoms with Gasteiger partial charge in [-0.05, 0) is 30.3 Å². The third-order valence-electron chi connectivity index (χ3n) is 3.78. The number of primary amides is 1. The Morgan fingerprint density at radius 3 is 2.15 bits per heavy atom. The maximum absolute atomic E-state index is 12.3. The van der Waals surface area contributed by atoms with Gasteiger partial charge in [0.05, 0.1) is 11.8 Å². The number of hydrogen-bond acceptors (Lipinski definition) is 6. The summed E-state index contributed by atoms with van der Waals surface area (Å²) in [5, 5.41) is 13.3. The van der Waals surface area contributed by atoms with E-state index in [-0.39, 0.29) is 18.3 Å². The molecule has 3 rings (SSSR count). The molecule has 0 aliphatic carbocycles. The third kappa shape index (κ3) is 7.86. The Kier molecular flexibility index (Phi) is 7.68. The van der Waals surface area contributed by atoms with Crippen molar-refractivity contribution < 1.29 is 41.0 Å². The number of nitrogens with one attached hydrogen (secondary N) is 3. The standard InChI is InChI=1S/C16H15F3N6O.C2HF3O2/c17-16(18,19)6-8-22-14-11-5-7-21-13(11)24-15(25-14)23-10-3-1-9(2-4-10)12(20)26;3-2(4,5)1(6)7/h1-5,7H,6,8H2,(H2,20,26)(H3,21,22,23,24,25);(H,6,7). The lowest BCUT2D eigenvalue weighted by atomic mass is 10.2. The van der Waals surface area contributed by atoms with Crippen LogP contribution in [0.5, 0.6) is 0 Å². The van der Waals surface area contributed by atoms with Crippen LogP contribution in [0.25, 0.3) is 11.0 Å². The molecule has 3 aromatic rings. The van der Waals surface area contributed by atoms with E-state index in [1.54, 1.807) is 36.5 Å². The van der Waals surface area contributed by atoms with Gasteiger partial charge in [0.15, 0.2) is 0 Å². The molecule has 178 valence electrons. The zero-order valence-electron chi connectivity index (χ0n) is 16.4. The lowest BCUT2D eigenvalue weighted by Gasteiger charge is -2.11. The number of carbonyl (C=O) groups excluding carboxylic acids is 1. The monoisotopic (exact) mass is 478 g/mol. The highest BCUT2D eigenvalue weighted by Crippen LogP contribution is 2.24. The van der Waals surface area contributed by atoms with E-state index in [0.717, 1.165) is 0 Å². The van der Waals surface area contributed by atoms with Crippen LogP contribution in [0, 0.1) is 0 Å². The molecule has 0 saturated heterocycles. The van der Waals surface area contributed by atoms with E-state index in [1.807, 2.05) is 0 Å². The Hall–Kier alpha value is -4.04. The second kappa shape index (κ2) is 10.1. The minimum atomic E-state index is -5.08. The summed E-state index contributed by atoms with van der Waals surface area (Å²) in [6, 6.07) is 8.01. The molecule has 2 aromatic heterocycles. The number of fused-ring (bicyclic) bond motifs is 1. The van der Waals surface area contributed by atoms with Crippen LogP contribution < -0.4 is 16.4 Å². The molecule has 0 aliphatic heterocycles. The quantitative estimate of drug-likeness (QED) is 0.339. The highest BCUT2D eigenvalue weighted by atomic mass is 19.4. The fraction of sp³-hybridized carbons (Fsp3) is 0.222. The predicted octanol–water partition coefficient (Wildman–Crippen LogP) is 3.80. The zero-order valence-corrected chi connectivity index (χ0v) is 16.4. The van der Waals surface area contributed by atoms with Crippen molar-refractivity contribution >= 4 is 40.4 Å². The first kappa shape index (κ1) is 25.2. The zero-order chi connectivity index (χ0) is 24.8. The molecule has 0 atom stereocenters. The second-order valence-electron chi connectivity index (χ2n) is 6.30. The van der Waals surface area contributed by atoms with Crippen molar-refractivity contribution in [3.63, 3.8) is 0 Å². The van der Waals surface area contributed by atoms with Gasteiger partial charge in [0.25, 0.3) is 0 Å². The number of nitrogens with zero attached hydrogens (tertiary/aromatic N) is 2.